The second kappa shape index (κ2) is 9.50. The zero-order valence-electron chi connectivity index (χ0n) is 15.8. The molecule has 3 aromatic rings. The zero-order chi connectivity index (χ0) is 20.6. The van der Waals surface area contributed by atoms with Crippen LogP contribution in [0.25, 0.3) is 0 Å². The van der Waals surface area contributed by atoms with Crippen LogP contribution in [0.5, 0.6) is 5.75 Å². The fraction of sp³-hybridized carbons (Fsp3) is 0.130. The predicted molar refractivity (Wildman–Crippen MR) is 107 cm³/mol. The summed E-state index contributed by atoms with van der Waals surface area (Å²) in [4.78, 5) is 25.0. The van der Waals surface area contributed by atoms with Gasteiger partial charge in [0.05, 0.1) is 0 Å². The lowest BCUT2D eigenvalue weighted by Gasteiger charge is -2.18. The van der Waals surface area contributed by atoms with Crippen molar-refractivity contribution in [3.8, 4) is 5.75 Å². The standard InChI is InChI=1S/C23H20FNO4/c1-16-6-5-9-20(14-16)28-15-21(26)29-22(17-7-3-2-4-8-17)23(27)25-19-12-10-18(24)11-13-19/h2-14,22H,15H2,1H3,(H,25,27)/t22-/m1/s1. The molecule has 0 saturated carbocycles. The molecule has 148 valence electrons. The summed E-state index contributed by atoms with van der Waals surface area (Å²) < 4.78 is 23.9. The first-order valence-electron chi connectivity index (χ1n) is 9.01. The molecule has 3 aromatic carbocycles. The number of amides is 1. The van der Waals surface area contributed by atoms with Gasteiger partial charge in [0.15, 0.2) is 6.61 Å². The van der Waals surface area contributed by atoms with Crippen molar-refractivity contribution in [1.82, 2.24) is 0 Å². The van der Waals surface area contributed by atoms with Gasteiger partial charge >= 0.3 is 5.97 Å². The molecular formula is C23H20FNO4. The molecule has 29 heavy (non-hydrogen) atoms. The van der Waals surface area contributed by atoms with E-state index in [0.29, 0.717) is 17.0 Å². The van der Waals surface area contributed by atoms with Gasteiger partial charge in [-0.15, -0.1) is 0 Å². The summed E-state index contributed by atoms with van der Waals surface area (Å²) in [6.07, 6.45) is -1.17. The highest BCUT2D eigenvalue weighted by molar-refractivity contribution is 5.96. The number of aryl methyl sites for hydroxylation is 1. The average molecular weight is 393 g/mol. The normalized spacial score (nSPS) is 11.4. The maximum absolute atomic E-state index is 13.1. The fourth-order valence-electron chi connectivity index (χ4n) is 2.65. The fourth-order valence-corrected chi connectivity index (χ4v) is 2.65. The molecule has 1 amide bonds. The lowest BCUT2D eigenvalue weighted by Crippen LogP contribution is -2.28. The van der Waals surface area contributed by atoms with Crippen molar-refractivity contribution in [2.24, 2.45) is 0 Å². The van der Waals surface area contributed by atoms with Crippen LogP contribution in [0.15, 0.2) is 78.9 Å². The van der Waals surface area contributed by atoms with Crippen LogP contribution in [0.1, 0.15) is 17.2 Å². The molecule has 6 heteroatoms. The first-order chi connectivity index (χ1) is 14.0. The van der Waals surface area contributed by atoms with E-state index in [2.05, 4.69) is 5.32 Å². The number of benzene rings is 3. The van der Waals surface area contributed by atoms with Gasteiger partial charge in [-0.1, -0.05) is 42.5 Å². The molecule has 0 aliphatic heterocycles. The molecule has 0 unspecified atom stereocenters. The minimum absolute atomic E-state index is 0.337. The van der Waals surface area contributed by atoms with Gasteiger partial charge in [0.25, 0.3) is 5.91 Å². The highest BCUT2D eigenvalue weighted by Gasteiger charge is 2.25. The van der Waals surface area contributed by atoms with E-state index < -0.39 is 23.8 Å². The van der Waals surface area contributed by atoms with Crippen molar-refractivity contribution in [2.45, 2.75) is 13.0 Å². The number of hydrogen-bond donors (Lipinski definition) is 1. The van der Waals surface area contributed by atoms with Gasteiger partial charge in [-0.2, -0.15) is 0 Å². The topological polar surface area (TPSA) is 64.6 Å². The Morgan fingerprint density at radius 3 is 2.38 bits per heavy atom. The number of esters is 1. The number of carbonyl (C=O) groups excluding carboxylic acids is 2. The quantitative estimate of drug-likeness (QED) is 0.603. The Kier molecular flexibility index (Phi) is 6.58. The van der Waals surface area contributed by atoms with Crippen LogP contribution in [0.4, 0.5) is 10.1 Å². The minimum atomic E-state index is -1.17. The molecule has 0 spiro atoms. The maximum atomic E-state index is 13.1. The van der Waals surface area contributed by atoms with Gasteiger partial charge in [-0.05, 0) is 48.9 Å². The Balaban J connectivity index is 1.69. The van der Waals surface area contributed by atoms with E-state index in [0.717, 1.165) is 5.56 Å². The van der Waals surface area contributed by atoms with Gasteiger partial charge in [0.1, 0.15) is 11.6 Å². The van der Waals surface area contributed by atoms with E-state index in [1.54, 1.807) is 42.5 Å². The SMILES string of the molecule is Cc1cccc(OCC(=O)O[C@@H](C(=O)Nc2ccc(F)cc2)c2ccccc2)c1. The molecular weight excluding hydrogens is 373 g/mol. The smallest absolute Gasteiger partial charge is 0.345 e. The summed E-state index contributed by atoms with van der Waals surface area (Å²) in [6, 6.07) is 21.2. The van der Waals surface area contributed by atoms with Gasteiger partial charge < -0.3 is 14.8 Å². The third kappa shape index (κ3) is 5.90. The molecule has 0 bridgehead atoms. The Hall–Kier alpha value is -3.67. The molecule has 0 saturated heterocycles. The third-order valence-electron chi connectivity index (χ3n) is 4.05. The predicted octanol–water partition coefficient (Wildman–Crippen LogP) is 4.44. The number of rotatable bonds is 7. The number of carbonyl (C=O) groups is 2. The monoisotopic (exact) mass is 393 g/mol. The van der Waals surface area contributed by atoms with Gasteiger partial charge in [-0.25, -0.2) is 9.18 Å². The average Bonchev–Trinajstić information content (AvgIpc) is 2.73. The summed E-state index contributed by atoms with van der Waals surface area (Å²) in [7, 11) is 0. The number of halogens is 1. The lowest BCUT2D eigenvalue weighted by atomic mass is 10.1. The van der Waals surface area contributed by atoms with Crippen molar-refractivity contribution >= 4 is 17.6 Å². The van der Waals surface area contributed by atoms with Gasteiger partial charge in [0.2, 0.25) is 6.10 Å². The molecule has 0 fully saturated rings. The summed E-state index contributed by atoms with van der Waals surface area (Å²) in [5.74, 6) is -1.11. The molecule has 1 atom stereocenters. The molecule has 1 N–H and O–H groups in total. The van der Waals surface area contributed by atoms with Gasteiger partial charge in [-0.3, -0.25) is 4.79 Å². The molecule has 5 nitrogen and oxygen atoms in total. The molecule has 3 rings (SSSR count). The maximum Gasteiger partial charge on any atom is 0.345 e. The number of ether oxygens (including phenoxy) is 2. The third-order valence-corrected chi connectivity index (χ3v) is 4.05. The Bertz CT molecular complexity index is 974. The van der Waals surface area contributed by atoms with E-state index in [-0.39, 0.29) is 6.61 Å². The van der Waals surface area contributed by atoms with Crippen LogP contribution in [0.3, 0.4) is 0 Å². The van der Waals surface area contributed by atoms with E-state index in [1.165, 1.54) is 24.3 Å². The first kappa shape index (κ1) is 20.1. The van der Waals surface area contributed by atoms with Crippen molar-refractivity contribution in [3.05, 3.63) is 95.8 Å². The van der Waals surface area contributed by atoms with Crippen LogP contribution in [0.2, 0.25) is 0 Å². The van der Waals surface area contributed by atoms with E-state index in [9.17, 15) is 14.0 Å². The second-order valence-electron chi connectivity index (χ2n) is 6.38. The van der Waals surface area contributed by atoms with E-state index in [1.807, 2.05) is 19.1 Å². The zero-order valence-corrected chi connectivity index (χ0v) is 15.8. The number of nitrogens with one attached hydrogen (secondary N) is 1. The Morgan fingerprint density at radius 2 is 1.69 bits per heavy atom. The lowest BCUT2D eigenvalue weighted by molar-refractivity contribution is -0.156. The van der Waals surface area contributed by atoms with Gasteiger partial charge in [0, 0.05) is 11.3 Å². The van der Waals surface area contributed by atoms with E-state index in [4.69, 9.17) is 9.47 Å². The Labute approximate surface area is 168 Å². The number of anilines is 1. The summed E-state index contributed by atoms with van der Waals surface area (Å²) in [6.45, 7) is 1.58. The summed E-state index contributed by atoms with van der Waals surface area (Å²) in [5, 5.41) is 2.63. The van der Waals surface area contributed by atoms with Crippen molar-refractivity contribution in [1.29, 1.82) is 0 Å². The van der Waals surface area contributed by atoms with Crippen LogP contribution in [0, 0.1) is 12.7 Å². The summed E-state index contributed by atoms with van der Waals surface area (Å²) >= 11 is 0. The second-order valence-corrected chi connectivity index (χ2v) is 6.38. The van der Waals surface area contributed by atoms with Crippen LogP contribution >= 0.6 is 0 Å². The molecule has 0 aliphatic carbocycles. The Morgan fingerprint density at radius 1 is 0.966 bits per heavy atom. The largest absolute Gasteiger partial charge is 0.482 e. The highest BCUT2D eigenvalue weighted by Crippen LogP contribution is 2.21. The minimum Gasteiger partial charge on any atom is -0.482 e. The van der Waals surface area contributed by atoms with Crippen LogP contribution in [-0.2, 0) is 14.3 Å². The first-order valence-corrected chi connectivity index (χ1v) is 9.01. The molecule has 0 heterocycles. The van der Waals surface area contributed by atoms with Crippen LogP contribution in [-0.4, -0.2) is 18.5 Å². The molecule has 0 aromatic heterocycles. The highest BCUT2D eigenvalue weighted by atomic mass is 19.1. The van der Waals surface area contributed by atoms with Crippen LogP contribution < -0.4 is 10.1 Å². The number of hydrogen-bond acceptors (Lipinski definition) is 4. The van der Waals surface area contributed by atoms with Crippen molar-refractivity contribution in [3.63, 3.8) is 0 Å². The van der Waals surface area contributed by atoms with Crippen molar-refractivity contribution in [2.75, 3.05) is 11.9 Å². The van der Waals surface area contributed by atoms with Crippen molar-refractivity contribution < 1.29 is 23.5 Å². The molecule has 0 radical (unpaired) electrons. The van der Waals surface area contributed by atoms with E-state index >= 15 is 0 Å². The molecule has 0 aliphatic rings. The summed E-state index contributed by atoms with van der Waals surface area (Å²) in [5.41, 5.74) is 1.90.